The van der Waals surface area contributed by atoms with E-state index < -0.39 is 5.60 Å². The maximum absolute atomic E-state index is 10.1. The quantitative estimate of drug-likeness (QED) is 0.265. The Labute approximate surface area is 120 Å². The van der Waals surface area contributed by atoms with E-state index in [9.17, 15) is 5.11 Å². The molecule has 0 aliphatic carbocycles. The molecule has 1 unspecified atom stereocenters. The molecular formula is C15H25N3O2. The molecule has 5 N–H and O–H groups in total. The average molecular weight is 279 g/mol. The molecule has 0 saturated carbocycles. The fourth-order valence-corrected chi connectivity index (χ4v) is 2.20. The summed E-state index contributed by atoms with van der Waals surface area (Å²) in [5, 5.41) is 25.0. The minimum atomic E-state index is -0.670. The van der Waals surface area contributed by atoms with Crippen molar-refractivity contribution in [1.29, 1.82) is 0 Å². The first-order valence-corrected chi connectivity index (χ1v) is 6.90. The molecule has 0 aliphatic heterocycles. The number of amidine groups is 1. The van der Waals surface area contributed by atoms with Gasteiger partial charge in [0.15, 0.2) is 5.84 Å². The molecule has 5 nitrogen and oxygen atoms in total. The fraction of sp³-hybridized carbons (Fsp3) is 0.533. The van der Waals surface area contributed by atoms with Crippen molar-refractivity contribution in [3.63, 3.8) is 0 Å². The number of nitrogens with zero attached hydrogens (tertiary/aromatic N) is 1. The molecule has 1 aromatic rings. The van der Waals surface area contributed by atoms with Crippen molar-refractivity contribution in [2.24, 2.45) is 10.9 Å². The summed E-state index contributed by atoms with van der Waals surface area (Å²) in [6, 6.07) is 5.66. The van der Waals surface area contributed by atoms with Gasteiger partial charge in [-0.05, 0) is 37.5 Å². The van der Waals surface area contributed by atoms with Gasteiger partial charge in [0, 0.05) is 18.7 Å². The first-order valence-electron chi connectivity index (χ1n) is 6.90. The van der Waals surface area contributed by atoms with Crippen LogP contribution in [-0.4, -0.2) is 28.3 Å². The van der Waals surface area contributed by atoms with Gasteiger partial charge in [-0.3, -0.25) is 0 Å². The summed E-state index contributed by atoms with van der Waals surface area (Å²) in [5.74, 6) is 0.110. The highest BCUT2D eigenvalue weighted by Crippen LogP contribution is 2.13. The molecule has 0 spiro atoms. The first-order chi connectivity index (χ1) is 9.39. The average Bonchev–Trinajstić information content (AvgIpc) is 2.39. The lowest BCUT2D eigenvalue weighted by Crippen LogP contribution is -2.37. The van der Waals surface area contributed by atoms with Crippen LogP contribution in [0.15, 0.2) is 23.4 Å². The molecule has 1 rings (SSSR count). The van der Waals surface area contributed by atoms with Crippen molar-refractivity contribution < 1.29 is 10.3 Å². The summed E-state index contributed by atoms with van der Waals surface area (Å²) in [5.41, 5.74) is 7.78. The highest BCUT2D eigenvalue weighted by Gasteiger charge is 2.18. The Morgan fingerprint density at radius 2 is 2.15 bits per heavy atom. The van der Waals surface area contributed by atoms with E-state index in [2.05, 4.69) is 17.4 Å². The molecule has 0 radical (unpaired) electrons. The summed E-state index contributed by atoms with van der Waals surface area (Å²) < 4.78 is 0. The molecule has 112 valence electrons. The minimum Gasteiger partial charge on any atom is -0.409 e. The number of rotatable bonds is 7. The van der Waals surface area contributed by atoms with Crippen LogP contribution in [-0.2, 0) is 6.54 Å². The van der Waals surface area contributed by atoms with Crippen LogP contribution in [0.3, 0.4) is 0 Å². The van der Waals surface area contributed by atoms with E-state index in [1.165, 1.54) is 0 Å². The molecule has 0 saturated heterocycles. The second-order valence-electron chi connectivity index (χ2n) is 5.48. The Balaban J connectivity index is 2.62. The fourth-order valence-electron chi connectivity index (χ4n) is 2.20. The number of hydrogen-bond acceptors (Lipinski definition) is 4. The van der Waals surface area contributed by atoms with Crippen LogP contribution in [0.25, 0.3) is 0 Å². The highest BCUT2D eigenvalue weighted by molar-refractivity contribution is 5.97. The molecule has 5 heteroatoms. The zero-order valence-corrected chi connectivity index (χ0v) is 12.5. The Morgan fingerprint density at radius 3 is 2.70 bits per heavy atom. The lowest BCUT2D eigenvalue weighted by Gasteiger charge is -2.23. The van der Waals surface area contributed by atoms with E-state index in [0.717, 1.165) is 24.0 Å². The predicted octanol–water partition coefficient (Wildman–Crippen LogP) is 1.73. The zero-order valence-electron chi connectivity index (χ0n) is 12.5. The number of nitrogens with two attached hydrogens (primary N) is 1. The first kappa shape index (κ1) is 16.5. The molecule has 20 heavy (non-hydrogen) atoms. The summed E-state index contributed by atoms with van der Waals surface area (Å²) in [6.45, 7) is 7.13. The van der Waals surface area contributed by atoms with Crippen molar-refractivity contribution in [3.8, 4) is 0 Å². The number of benzene rings is 1. The van der Waals surface area contributed by atoms with Gasteiger partial charge in [0.1, 0.15) is 0 Å². The number of hydrogen-bond donors (Lipinski definition) is 4. The lowest BCUT2D eigenvalue weighted by molar-refractivity contribution is 0.0498. The van der Waals surface area contributed by atoms with Crippen molar-refractivity contribution in [2.45, 2.75) is 45.8 Å². The molecule has 0 heterocycles. The van der Waals surface area contributed by atoms with Crippen molar-refractivity contribution in [2.75, 3.05) is 6.54 Å². The number of oxime groups is 1. The molecule has 0 aromatic heterocycles. The van der Waals surface area contributed by atoms with Crippen molar-refractivity contribution in [1.82, 2.24) is 5.32 Å². The summed E-state index contributed by atoms with van der Waals surface area (Å²) in [7, 11) is 0. The second kappa shape index (κ2) is 7.26. The summed E-state index contributed by atoms with van der Waals surface area (Å²) in [4.78, 5) is 0. The third kappa shape index (κ3) is 4.83. The van der Waals surface area contributed by atoms with Crippen LogP contribution in [0.1, 0.15) is 43.4 Å². The molecule has 0 amide bonds. The van der Waals surface area contributed by atoms with Gasteiger partial charge in [-0.2, -0.15) is 0 Å². The standard InChI is InChI=1S/C15H25N3O2/c1-4-7-15(3,19)10-17-9-13-6-5-12(8-11(13)2)14(16)18-20/h5-6,8,17,19-20H,4,7,9-10H2,1-3H3,(H2,16,18). The molecule has 0 fully saturated rings. The van der Waals surface area contributed by atoms with Gasteiger partial charge < -0.3 is 21.4 Å². The van der Waals surface area contributed by atoms with Crippen LogP contribution < -0.4 is 11.1 Å². The second-order valence-corrected chi connectivity index (χ2v) is 5.48. The van der Waals surface area contributed by atoms with Gasteiger partial charge in [0.2, 0.25) is 0 Å². The molecular weight excluding hydrogens is 254 g/mol. The molecule has 0 bridgehead atoms. The van der Waals surface area contributed by atoms with Crippen LogP contribution in [0.4, 0.5) is 0 Å². The number of aryl methyl sites for hydroxylation is 1. The third-order valence-corrected chi connectivity index (χ3v) is 3.36. The Hall–Kier alpha value is -1.59. The van der Waals surface area contributed by atoms with Gasteiger partial charge in [-0.15, -0.1) is 0 Å². The molecule has 1 atom stereocenters. The van der Waals surface area contributed by atoms with E-state index in [1.54, 1.807) is 0 Å². The van der Waals surface area contributed by atoms with E-state index in [1.807, 2.05) is 32.0 Å². The Kier molecular flexibility index (Phi) is 5.98. The summed E-state index contributed by atoms with van der Waals surface area (Å²) in [6.07, 6.45) is 1.74. The predicted molar refractivity (Wildman–Crippen MR) is 80.9 cm³/mol. The lowest BCUT2D eigenvalue weighted by atomic mass is 10.00. The van der Waals surface area contributed by atoms with Gasteiger partial charge in [-0.1, -0.05) is 30.6 Å². The number of aliphatic hydroxyl groups is 1. The van der Waals surface area contributed by atoms with E-state index >= 15 is 0 Å². The smallest absolute Gasteiger partial charge is 0.170 e. The van der Waals surface area contributed by atoms with Gasteiger partial charge in [0.25, 0.3) is 0 Å². The van der Waals surface area contributed by atoms with Crippen LogP contribution in [0.5, 0.6) is 0 Å². The maximum atomic E-state index is 10.1. The zero-order chi connectivity index (χ0) is 15.2. The van der Waals surface area contributed by atoms with Crippen molar-refractivity contribution >= 4 is 5.84 Å². The van der Waals surface area contributed by atoms with E-state index in [4.69, 9.17) is 10.9 Å². The van der Waals surface area contributed by atoms with Gasteiger partial charge >= 0.3 is 0 Å². The van der Waals surface area contributed by atoms with E-state index in [0.29, 0.717) is 18.7 Å². The van der Waals surface area contributed by atoms with Crippen LogP contribution >= 0.6 is 0 Å². The number of nitrogens with one attached hydrogen (secondary N) is 1. The molecule has 1 aromatic carbocycles. The minimum absolute atomic E-state index is 0.110. The maximum Gasteiger partial charge on any atom is 0.170 e. The van der Waals surface area contributed by atoms with Crippen LogP contribution in [0, 0.1) is 6.92 Å². The third-order valence-electron chi connectivity index (χ3n) is 3.36. The van der Waals surface area contributed by atoms with E-state index in [-0.39, 0.29) is 5.84 Å². The summed E-state index contributed by atoms with van der Waals surface area (Å²) >= 11 is 0. The Morgan fingerprint density at radius 1 is 1.45 bits per heavy atom. The monoisotopic (exact) mass is 279 g/mol. The Bertz CT molecular complexity index is 470. The largest absolute Gasteiger partial charge is 0.409 e. The molecule has 0 aliphatic rings. The normalized spacial score (nSPS) is 15.1. The van der Waals surface area contributed by atoms with Gasteiger partial charge in [-0.25, -0.2) is 0 Å². The van der Waals surface area contributed by atoms with Gasteiger partial charge in [0.05, 0.1) is 5.60 Å². The van der Waals surface area contributed by atoms with Crippen molar-refractivity contribution in [3.05, 3.63) is 34.9 Å². The van der Waals surface area contributed by atoms with Crippen LogP contribution in [0.2, 0.25) is 0 Å². The topological polar surface area (TPSA) is 90.9 Å². The SMILES string of the molecule is CCCC(C)(O)CNCc1ccc(/C(N)=N/O)cc1C. The highest BCUT2D eigenvalue weighted by atomic mass is 16.4.